The number of nitrogens with zero attached hydrogens (tertiary/aromatic N) is 5. The van der Waals surface area contributed by atoms with Gasteiger partial charge < -0.3 is 24.1 Å². The minimum atomic E-state index is -4.66. The van der Waals surface area contributed by atoms with E-state index >= 15 is 0 Å². The van der Waals surface area contributed by atoms with Crippen LogP contribution in [0.4, 0.5) is 13.2 Å². The van der Waals surface area contributed by atoms with Gasteiger partial charge in [0, 0.05) is 32.1 Å². The number of aromatic nitrogens is 5. The fourth-order valence-electron chi connectivity index (χ4n) is 4.85. The molecule has 0 saturated carbocycles. The van der Waals surface area contributed by atoms with E-state index in [0.717, 1.165) is 4.68 Å². The molecule has 15 heteroatoms. The minimum Gasteiger partial charge on any atom is -0.460 e. The number of fused-ring (bicyclic) bond motifs is 1. The summed E-state index contributed by atoms with van der Waals surface area (Å²) in [6.07, 6.45) is 0.910. The second-order valence-electron chi connectivity index (χ2n) is 10.3. The third-order valence-electron chi connectivity index (χ3n) is 7.26. The van der Waals surface area contributed by atoms with Crippen LogP contribution in [0.2, 0.25) is 0 Å². The average molecular weight is 618 g/mol. The molecule has 1 saturated heterocycles. The van der Waals surface area contributed by atoms with Crippen molar-refractivity contribution in [3.8, 4) is 22.9 Å². The first kappa shape index (κ1) is 30.9. The number of hydrogen-bond acceptors (Lipinski definition) is 10. The Bertz CT molecular complexity index is 1690. The number of esters is 2. The number of aryl methyl sites for hydroxylation is 2. The highest BCUT2D eigenvalue weighted by molar-refractivity contribution is 5.91. The lowest BCUT2D eigenvalue weighted by molar-refractivity contribution is -0.155. The van der Waals surface area contributed by atoms with Crippen molar-refractivity contribution in [1.29, 1.82) is 0 Å². The molecule has 1 aromatic carbocycles. The van der Waals surface area contributed by atoms with Gasteiger partial charge in [-0.3, -0.25) is 9.08 Å². The zero-order chi connectivity index (χ0) is 31.6. The summed E-state index contributed by atoms with van der Waals surface area (Å²) in [5, 5.41) is 13.8. The number of alkyl halides is 3. The Balaban J connectivity index is 1.24. The molecule has 44 heavy (non-hydrogen) atoms. The maximum atomic E-state index is 13.6. The Hall–Kier alpha value is -4.50. The summed E-state index contributed by atoms with van der Waals surface area (Å²) in [7, 11) is 1.40. The maximum Gasteiger partial charge on any atom is 0.435 e. The van der Waals surface area contributed by atoms with Crippen molar-refractivity contribution in [3.05, 3.63) is 59.8 Å². The van der Waals surface area contributed by atoms with Crippen LogP contribution in [0.15, 0.2) is 43.0 Å². The third-order valence-corrected chi connectivity index (χ3v) is 7.26. The number of benzene rings is 1. The van der Waals surface area contributed by atoms with E-state index in [9.17, 15) is 27.9 Å². The van der Waals surface area contributed by atoms with Gasteiger partial charge in [-0.1, -0.05) is 13.8 Å². The van der Waals surface area contributed by atoms with Crippen LogP contribution in [0.1, 0.15) is 48.3 Å². The van der Waals surface area contributed by atoms with E-state index in [0.29, 0.717) is 24.2 Å². The molecular weight excluding hydrogens is 587 g/mol. The molecule has 2 atom stereocenters. The number of hydrogen-bond donors (Lipinski definition) is 1. The van der Waals surface area contributed by atoms with Crippen molar-refractivity contribution in [2.75, 3.05) is 19.8 Å². The predicted molar refractivity (Wildman–Crippen MR) is 147 cm³/mol. The SMILES string of the molecule is CCc1cc(Oc2nccn3c(-c4cn(C)nc4C(F)(F)F)cnc23)ccc1C(=O)OCCOC(=O)[C@@H]1C[C@@](O)(CC)CO1. The molecule has 1 aliphatic rings. The molecule has 4 aromatic rings. The van der Waals surface area contributed by atoms with Gasteiger partial charge >= 0.3 is 18.1 Å². The molecule has 234 valence electrons. The molecular formula is C29H30F3N5O7. The van der Waals surface area contributed by atoms with Crippen LogP contribution in [0.3, 0.4) is 0 Å². The summed E-state index contributed by atoms with van der Waals surface area (Å²) in [5.74, 6) is -0.898. The Morgan fingerprint density at radius 3 is 2.66 bits per heavy atom. The molecule has 1 N–H and O–H groups in total. The molecule has 0 amide bonds. The number of imidazole rings is 1. The molecule has 0 spiro atoms. The lowest BCUT2D eigenvalue weighted by Gasteiger charge is -2.17. The first-order valence-corrected chi connectivity index (χ1v) is 13.8. The van der Waals surface area contributed by atoms with Crippen LogP contribution < -0.4 is 4.74 Å². The van der Waals surface area contributed by atoms with Crippen molar-refractivity contribution in [3.63, 3.8) is 0 Å². The first-order chi connectivity index (χ1) is 20.9. The van der Waals surface area contributed by atoms with Crippen molar-refractivity contribution < 1.29 is 46.8 Å². The van der Waals surface area contributed by atoms with Crippen LogP contribution >= 0.6 is 0 Å². The Morgan fingerprint density at radius 2 is 1.95 bits per heavy atom. The summed E-state index contributed by atoms with van der Waals surface area (Å²) in [6.45, 7) is 3.33. The Kier molecular flexibility index (Phi) is 8.61. The van der Waals surface area contributed by atoms with Gasteiger partial charge in [0.05, 0.1) is 35.2 Å². The minimum absolute atomic E-state index is 0.0408. The molecule has 5 rings (SSSR count). The maximum absolute atomic E-state index is 13.6. The first-order valence-electron chi connectivity index (χ1n) is 13.8. The number of carbonyl (C=O) groups is 2. The second-order valence-corrected chi connectivity index (χ2v) is 10.3. The highest BCUT2D eigenvalue weighted by Gasteiger charge is 2.41. The van der Waals surface area contributed by atoms with Crippen molar-refractivity contribution in [1.82, 2.24) is 24.1 Å². The molecule has 12 nitrogen and oxygen atoms in total. The van der Waals surface area contributed by atoms with Gasteiger partial charge in [-0.2, -0.15) is 18.3 Å². The van der Waals surface area contributed by atoms with Gasteiger partial charge in [-0.25, -0.2) is 19.6 Å². The van der Waals surface area contributed by atoms with Gasteiger partial charge in [0.25, 0.3) is 5.88 Å². The van der Waals surface area contributed by atoms with E-state index in [1.54, 1.807) is 13.0 Å². The van der Waals surface area contributed by atoms with Crippen molar-refractivity contribution >= 4 is 17.6 Å². The van der Waals surface area contributed by atoms with Crippen LogP contribution in [0.5, 0.6) is 11.6 Å². The molecule has 4 heterocycles. The molecule has 1 aliphatic heterocycles. The summed E-state index contributed by atoms with van der Waals surface area (Å²) in [6, 6.07) is 4.67. The van der Waals surface area contributed by atoms with E-state index in [-0.39, 0.29) is 54.6 Å². The van der Waals surface area contributed by atoms with Gasteiger partial charge in [-0.05, 0) is 36.6 Å². The Morgan fingerprint density at radius 1 is 1.18 bits per heavy atom. The van der Waals surface area contributed by atoms with Crippen molar-refractivity contribution in [2.45, 2.75) is 51.0 Å². The van der Waals surface area contributed by atoms with Gasteiger partial charge in [0.1, 0.15) is 19.0 Å². The summed E-state index contributed by atoms with van der Waals surface area (Å²) >= 11 is 0. The Labute approximate surface area is 249 Å². The number of rotatable bonds is 10. The molecule has 0 bridgehead atoms. The lowest BCUT2D eigenvalue weighted by Crippen LogP contribution is -2.30. The van der Waals surface area contributed by atoms with Gasteiger partial charge in [0.15, 0.2) is 11.8 Å². The van der Waals surface area contributed by atoms with Crippen molar-refractivity contribution in [2.24, 2.45) is 7.05 Å². The van der Waals surface area contributed by atoms with Crippen LogP contribution in [0.25, 0.3) is 16.9 Å². The molecule has 0 unspecified atom stereocenters. The monoisotopic (exact) mass is 617 g/mol. The fraction of sp³-hybridized carbons (Fsp3) is 0.414. The van der Waals surface area contributed by atoms with Crippen LogP contribution in [-0.2, 0) is 38.6 Å². The van der Waals surface area contributed by atoms with E-state index in [1.807, 2.05) is 6.92 Å². The van der Waals surface area contributed by atoms with Crippen LogP contribution in [0, 0.1) is 0 Å². The van der Waals surface area contributed by atoms with E-state index in [2.05, 4.69) is 15.1 Å². The number of ether oxygens (including phenoxy) is 4. The third kappa shape index (κ3) is 6.38. The zero-order valence-electron chi connectivity index (χ0n) is 24.1. The van der Waals surface area contributed by atoms with Crippen LogP contribution in [-0.4, -0.2) is 72.7 Å². The predicted octanol–water partition coefficient (Wildman–Crippen LogP) is 4.13. The quantitative estimate of drug-likeness (QED) is 0.204. The van der Waals surface area contributed by atoms with E-state index in [1.165, 1.54) is 48.4 Å². The lowest BCUT2D eigenvalue weighted by atomic mass is 9.97. The fourth-order valence-corrected chi connectivity index (χ4v) is 4.85. The highest BCUT2D eigenvalue weighted by Crippen LogP contribution is 2.37. The molecule has 1 fully saturated rings. The average Bonchev–Trinajstić information content (AvgIpc) is 3.72. The molecule has 0 radical (unpaired) electrons. The smallest absolute Gasteiger partial charge is 0.435 e. The number of carbonyl (C=O) groups excluding carboxylic acids is 2. The standard InChI is InChI=1S/C29H30F3N5O7/c1-4-17-12-18(6-7-19(17)26(38)41-10-11-42-27(39)22-13-28(40,5-2)16-43-22)44-25-24-34-14-21(37(24)9-8-33-25)20-15-36(3)35-23(20)29(30,31)32/h6-9,12,14-15,22,40H,4-5,10-11,13,16H2,1-3H3/t22-,28-/m0/s1. The van der Waals surface area contributed by atoms with E-state index in [4.69, 9.17) is 18.9 Å². The largest absolute Gasteiger partial charge is 0.460 e. The number of halogens is 3. The van der Waals surface area contributed by atoms with Gasteiger partial charge in [-0.15, -0.1) is 0 Å². The zero-order valence-corrected chi connectivity index (χ0v) is 24.1. The summed E-state index contributed by atoms with van der Waals surface area (Å²) in [5.41, 5.74) is -1.02. The second kappa shape index (κ2) is 12.2. The summed E-state index contributed by atoms with van der Waals surface area (Å²) < 4.78 is 64.9. The highest BCUT2D eigenvalue weighted by atomic mass is 19.4. The van der Waals surface area contributed by atoms with Gasteiger partial charge in [0.2, 0.25) is 5.65 Å². The number of aliphatic hydroxyl groups is 1. The topological polar surface area (TPSA) is 139 Å². The van der Waals surface area contributed by atoms with E-state index < -0.39 is 35.5 Å². The summed E-state index contributed by atoms with van der Waals surface area (Å²) in [4.78, 5) is 33.4. The molecule has 0 aliphatic carbocycles. The normalized spacial score (nSPS) is 18.5. The molecule has 3 aromatic heterocycles.